The first kappa shape index (κ1) is 32.5. The van der Waals surface area contributed by atoms with Crippen LogP contribution in [0.25, 0.3) is 5.76 Å². The van der Waals surface area contributed by atoms with Crippen LogP contribution in [0.2, 0.25) is 0 Å². The lowest BCUT2D eigenvalue weighted by Gasteiger charge is -2.53. The van der Waals surface area contributed by atoms with E-state index >= 15 is 0 Å². The van der Waals surface area contributed by atoms with Gasteiger partial charge in [-0.3, -0.25) is 14.4 Å². The quantitative estimate of drug-likeness (QED) is 0.207. The van der Waals surface area contributed by atoms with Crippen molar-refractivity contribution in [1.82, 2.24) is 4.90 Å². The summed E-state index contributed by atoms with van der Waals surface area (Å²) in [7, 11) is 6.93. The van der Waals surface area contributed by atoms with E-state index < -0.39 is 58.7 Å². The first-order valence-electron chi connectivity index (χ1n) is 15.2. The summed E-state index contributed by atoms with van der Waals surface area (Å²) in [6.07, 6.45) is -1.24. The van der Waals surface area contributed by atoms with Crippen molar-refractivity contribution in [3.05, 3.63) is 58.2 Å². The molecule has 0 bridgehead atoms. The van der Waals surface area contributed by atoms with Crippen molar-refractivity contribution < 1.29 is 34.8 Å². The third kappa shape index (κ3) is 5.07. The maximum Gasteiger partial charge on any atom is 0.230 e. The maximum absolute atomic E-state index is 14.2. The highest BCUT2D eigenvalue weighted by Crippen LogP contribution is 2.54. The zero-order valence-electron chi connectivity index (χ0n) is 26.9. The van der Waals surface area contributed by atoms with E-state index in [0.29, 0.717) is 23.5 Å². The molecule has 242 valence electrons. The Morgan fingerprint density at radius 3 is 2.24 bits per heavy atom. The number of fused-ring (bicyclic) bond motifs is 3. The smallest absolute Gasteiger partial charge is 0.230 e. The van der Waals surface area contributed by atoms with Crippen molar-refractivity contribution >= 4 is 34.6 Å². The van der Waals surface area contributed by atoms with Crippen LogP contribution in [0.15, 0.2) is 35.9 Å². The summed E-state index contributed by atoms with van der Waals surface area (Å²) in [5.74, 6) is -7.64. The molecular formula is C34H44N4O7. The van der Waals surface area contributed by atoms with Gasteiger partial charge < -0.3 is 41.3 Å². The van der Waals surface area contributed by atoms with E-state index in [1.54, 1.807) is 25.1 Å². The molecule has 5 rings (SSSR count). The Bertz CT molecular complexity index is 1590. The van der Waals surface area contributed by atoms with Crippen molar-refractivity contribution in [3.8, 4) is 5.75 Å². The number of phenolic OH excluding ortho intramolecular Hbond substituents is 1. The van der Waals surface area contributed by atoms with Crippen molar-refractivity contribution in [2.45, 2.75) is 63.3 Å². The second-order valence-electron chi connectivity index (χ2n) is 14.1. The molecule has 2 unspecified atom stereocenters. The minimum atomic E-state index is -2.69. The molecule has 2 fully saturated rings. The summed E-state index contributed by atoms with van der Waals surface area (Å²) in [6.45, 7) is 6.79. The van der Waals surface area contributed by atoms with Crippen molar-refractivity contribution in [3.63, 3.8) is 0 Å². The van der Waals surface area contributed by atoms with Crippen molar-refractivity contribution in [1.29, 1.82) is 0 Å². The predicted molar refractivity (Wildman–Crippen MR) is 171 cm³/mol. The van der Waals surface area contributed by atoms with E-state index in [0.717, 1.165) is 5.56 Å². The Hall–Kier alpha value is -3.93. The highest BCUT2D eigenvalue weighted by Gasteiger charge is 2.67. The number of carbonyl (C=O) groups excluding carboxylic acids is 3. The number of carbonyl (C=O) groups is 3. The molecule has 0 saturated heterocycles. The Morgan fingerprint density at radius 2 is 1.71 bits per heavy atom. The molecule has 0 radical (unpaired) electrons. The van der Waals surface area contributed by atoms with E-state index in [1.807, 2.05) is 31.1 Å². The predicted octanol–water partition coefficient (Wildman–Crippen LogP) is 2.10. The largest absolute Gasteiger partial charge is 0.507 e. The van der Waals surface area contributed by atoms with Gasteiger partial charge in [-0.15, -0.1) is 0 Å². The van der Waals surface area contributed by atoms with Crippen LogP contribution in [0, 0.1) is 17.8 Å². The number of anilines is 2. The number of nitrogens with zero attached hydrogens (tertiary/aromatic N) is 2. The Balaban J connectivity index is 1.58. The zero-order valence-corrected chi connectivity index (χ0v) is 26.9. The Kier molecular flexibility index (Phi) is 8.04. The van der Waals surface area contributed by atoms with Crippen molar-refractivity contribution in [2.24, 2.45) is 23.5 Å². The molecule has 3 aliphatic rings. The lowest BCUT2D eigenvalue weighted by atomic mass is 9.54. The van der Waals surface area contributed by atoms with Gasteiger partial charge in [0.15, 0.2) is 11.4 Å². The molecule has 7 N–H and O–H groups in total. The van der Waals surface area contributed by atoms with E-state index in [1.165, 1.54) is 5.56 Å². The summed E-state index contributed by atoms with van der Waals surface area (Å²) in [6, 6.07) is 9.00. The summed E-state index contributed by atoms with van der Waals surface area (Å²) in [4.78, 5) is 43.5. The topological polar surface area (TPSA) is 177 Å². The van der Waals surface area contributed by atoms with Crippen LogP contribution < -0.4 is 16.0 Å². The standard InChI is InChI=1S/C34H44N4O7/c1-33(2,3)18-10-8-16(9-11-18)15-36-21-14-22(37(4)5)19-12-17-13-20-26(38(6)7)29(41)25(32(35)44)31(43)34(20,45)30(42)23(17)28(40)24(19)27(21)39/h8-11,14,17,20,25-26,29,36,39-41,45H,12-13,15H2,1-7H3,(H2,35,44)/t17-,20-,25?,26-,29?,34-/m1/s1. The minimum absolute atomic E-state index is 0.00606. The number of aromatic hydroxyl groups is 1. The second kappa shape index (κ2) is 11.1. The van der Waals surface area contributed by atoms with Gasteiger partial charge in [0, 0.05) is 43.9 Å². The number of Topliss-reactive ketones (excluding diaryl/α,β-unsaturated/α-hetero) is 2. The van der Waals surface area contributed by atoms with Gasteiger partial charge >= 0.3 is 0 Å². The van der Waals surface area contributed by atoms with Crippen LogP contribution in [-0.2, 0) is 32.8 Å². The summed E-state index contributed by atoms with van der Waals surface area (Å²) in [5.41, 5.74) is 6.48. The first-order valence-corrected chi connectivity index (χ1v) is 15.2. The number of ketones is 2. The van der Waals surface area contributed by atoms with Gasteiger partial charge in [0.2, 0.25) is 11.7 Å². The number of aliphatic hydroxyl groups excluding tert-OH is 2. The highest BCUT2D eigenvalue weighted by molar-refractivity contribution is 6.25. The third-order valence-corrected chi connectivity index (χ3v) is 9.85. The molecule has 11 nitrogen and oxygen atoms in total. The second-order valence-corrected chi connectivity index (χ2v) is 14.1. The van der Waals surface area contributed by atoms with E-state index in [4.69, 9.17) is 5.73 Å². The average Bonchev–Trinajstić information content (AvgIpc) is 2.93. The Labute approximate surface area is 263 Å². The SMILES string of the molecule is CN(C)c1cc(NCc2ccc(C(C)(C)C)cc2)c(O)c2c1C[C@@H]1C[C@@H]3[C@@H](N(C)C)C(O)C(C(N)=O)C(=O)[C@]3(O)C(=O)C1=C2O. The lowest BCUT2D eigenvalue weighted by molar-refractivity contribution is -0.184. The fraction of sp³-hybridized carbons (Fsp3) is 0.500. The monoisotopic (exact) mass is 620 g/mol. The zero-order chi connectivity index (χ0) is 33.3. The molecule has 1 amide bonds. The van der Waals surface area contributed by atoms with E-state index in [-0.39, 0.29) is 35.1 Å². The number of nitrogens with two attached hydrogens (primary N) is 1. The lowest BCUT2D eigenvalue weighted by Crippen LogP contribution is -2.73. The molecule has 0 spiro atoms. The summed E-state index contributed by atoms with van der Waals surface area (Å²) < 4.78 is 0. The average molecular weight is 621 g/mol. The van der Waals surface area contributed by atoms with Gasteiger partial charge in [-0.25, -0.2) is 0 Å². The first-order chi connectivity index (χ1) is 20.9. The molecule has 45 heavy (non-hydrogen) atoms. The normalized spacial score (nSPS) is 28.0. The molecule has 0 heterocycles. The fourth-order valence-electron chi connectivity index (χ4n) is 7.51. The number of hydrogen-bond donors (Lipinski definition) is 6. The van der Waals surface area contributed by atoms with Crippen molar-refractivity contribution in [2.75, 3.05) is 38.4 Å². The van der Waals surface area contributed by atoms with E-state index in [2.05, 4.69) is 38.2 Å². The van der Waals surface area contributed by atoms with Gasteiger partial charge in [-0.2, -0.15) is 0 Å². The molecule has 11 heteroatoms. The number of rotatable bonds is 6. The summed E-state index contributed by atoms with van der Waals surface area (Å²) in [5, 5.41) is 49.4. The molecule has 0 aromatic heterocycles. The molecule has 2 aromatic rings. The number of amides is 1. The number of phenols is 1. The number of benzene rings is 2. The number of primary amides is 1. The van der Waals surface area contributed by atoms with Crippen LogP contribution in [-0.4, -0.2) is 88.7 Å². The third-order valence-electron chi connectivity index (χ3n) is 9.85. The Morgan fingerprint density at radius 1 is 1.09 bits per heavy atom. The maximum atomic E-state index is 14.2. The van der Waals surface area contributed by atoms with Gasteiger partial charge in [-0.1, -0.05) is 45.0 Å². The van der Waals surface area contributed by atoms with Crippen LogP contribution >= 0.6 is 0 Å². The molecular weight excluding hydrogens is 576 g/mol. The van der Waals surface area contributed by atoms with Gasteiger partial charge in [-0.05, 0) is 61.0 Å². The van der Waals surface area contributed by atoms with E-state index in [9.17, 15) is 34.8 Å². The van der Waals surface area contributed by atoms with Crippen LogP contribution in [0.5, 0.6) is 5.75 Å². The molecule has 2 saturated carbocycles. The van der Waals surface area contributed by atoms with Crippen LogP contribution in [0.4, 0.5) is 11.4 Å². The number of hydrogen-bond acceptors (Lipinski definition) is 10. The molecule has 0 aliphatic heterocycles. The molecule has 3 aliphatic carbocycles. The number of aliphatic hydroxyl groups is 3. The molecule has 2 aromatic carbocycles. The summed E-state index contributed by atoms with van der Waals surface area (Å²) >= 11 is 0. The van der Waals surface area contributed by atoms with Gasteiger partial charge in [0.25, 0.3) is 0 Å². The number of nitrogens with one attached hydrogen (secondary N) is 1. The highest BCUT2D eigenvalue weighted by atomic mass is 16.3. The van der Waals surface area contributed by atoms with Gasteiger partial charge in [0.05, 0.1) is 17.4 Å². The fourth-order valence-corrected chi connectivity index (χ4v) is 7.51. The molecule has 6 atom stereocenters. The number of likely N-dealkylation sites (N-methyl/N-ethyl adjacent to an activating group) is 1. The van der Waals surface area contributed by atoms with Gasteiger partial charge in [0.1, 0.15) is 17.4 Å². The van der Waals surface area contributed by atoms with Crippen LogP contribution in [0.3, 0.4) is 0 Å². The minimum Gasteiger partial charge on any atom is -0.507 e. The van der Waals surface area contributed by atoms with Crippen LogP contribution in [0.1, 0.15) is 49.4 Å².